The van der Waals surface area contributed by atoms with Crippen LogP contribution in [0.15, 0.2) is 18.6 Å². The number of likely N-dealkylation sites (N-methyl/N-ethyl adjacent to an activating group) is 1. The van der Waals surface area contributed by atoms with E-state index < -0.39 is 0 Å². The van der Waals surface area contributed by atoms with Crippen molar-refractivity contribution in [3.8, 4) is 0 Å². The maximum atomic E-state index is 4.49. The molecule has 0 spiro atoms. The van der Waals surface area contributed by atoms with E-state index in [0.717, 1.165) is 49.5 Å². The minimum Gasteiger partial charge on any atom is -0.353 e. The Balaban J connectivity index is 2.02. The fourth-order valence-corrected chi connectivity index (χ4v) is 2.44. The molecule has 1 aliphatic rings. The van der Waals surface area contributed by atoms with Crippen LogP contribution < -0.4 is 4.90 Å². The highest BCUT2D eigenvalue weighted by atomic mass is 15.3. The van der Waals surface area contributed by atoms with Crippen LogP contribution in [-0.2, 0) is 6.42 Å². The van der Waals surface area contributed by atoms with Crippen molar-refractivity contribution in [2.45, 2.75) is 13.3 Å². The normalized spacial score (nSPS) is 17.1. The molecule has 0 aliphatic carbocycles. The molecule has 0 aromatic carbocycles. The number of anilines is 1. The minimum atomic E-state index is 0.793. The second kappa shape index (κ2) is 5.09. The molecule has 0 N–H and O–H groups in total. The van der Waals surface area contributed by atoms with Gasteiger partial charge in [-0.15, -0.1) is 0 Å². The van der Waals surface area contributed by atoms with Crippen molar-refractivity contribution < 1.29 is 0 Å². The van der Waals surface area contributed by atoms with Crippen LogP contribution in [0.5, 0.6) is 0 Å². The summed E-state index contributed by atoms with van der Waals surface area (Å²) < 4.78 is 0. The number of rotatable bonds is 2. The van der Waals surface area contributed by atoms with Gasteiger partial charge in [-0.1, -0.05) is 6.92 Å². The lowest BCUT2D eigenvalue weighted by atomic mass is 10.1. The SMILES string of the molecule is CCc1cnc2ncnc(N3CCN(C)CC3)c2c1. The van der Waals surface area contributed by atoms with Gasteiger partial charge in [0, 0.05) is 32.4 Å². The number of fused-ring (bicyclic) bond motifs is 1. The quantitative estimate of drug-likeness (QED) is 0.812. The van der Waals surface area contributed by atoms with Crippen LogP contribution in [0.1, 0.15) is 12.5 Å². The van der Waals surface area contributed by atoms with Gasteiger partial charge in [-0.05, 0) is 25.1 Å². The van der Waals surface area contributed by atoms with E-state index in [1.54, 1.807) is 6.33 Å². The zero-order valence-electron chi connectivity index (χ0n) is 11.5. The average molecular weight is 257 g/mol. The molecule has 3 rings (SSSR count). The predicted octanol–water partition coefficient (Wildman–Crippen LogP) is 1.34. The van der Waals surface area contributed by atoms with Crippen molar-refractivity contribution in [1.82, 2.24) is 19.9 Å². The van der Waals surface area contributed by atoms with E-state index in [9.17, 15) is 0 Å². The van der Waals surface area contributed by atoms with Gasteiger partial charge in [-0.3, -0.25) is 0 Å². The molecule has 5 nitrogen and oxygen atoms in total. The zero-order chi connectivity index (χ0) is 13.2. The standard InChI is InChI=1S/C14H19N5/c1-3-11-8-12-13(15-9-11)16-10-17-14(12)19-6-4-18(2)5-7-19/h8-10H,3-7H2,1-2H3. The van der Waals surface area contributed by atoms with Gasteiger partial charge in [-0.25, -0.2) is 15.0 Å². The van der Waals surface area contributed by atoms with E-state index in [4.69, 9.17) is 0 Å². The van der Waals surface area contributed by atoms with Gasteiger partial charge in [0.05, 0.1) is 5.39 Å². The van der Waals surface area contributed by atoms with Gasteiger partial charge in [-0.2, -0.15) is 0 Å². The van der Waals surface area contributed by atoms with Gasteiger partial charge in [0.1, 0.15) is 12.1 Å². The largest absolute Gasteiger partial charge is 0.353 e. The molecule has 3 heterocycles. The summed E-state index contributed by atoms with van der Waals surface area (Å²) in [5.74, 6) is 1.03. The number of hydrogen-bond donors (Lipinski definition) is 0. The van der Waals surface area contributed by atoms with E-state index in [-0.39, 0.29) is 0 Å². The molecule has 0 radical (unpaired) electrons. The molecule has 1 aliphatic heterocycles. The Morgan fingerprint density at radius 1 is 1.11 bits per heavy atom. The lowest BCUT2D eigenvalue weighted by Gasteiger charge is -2.33. The molecule has 1 fully saturated rings. The van der Waals surface area contributed by atoms with Crippen LogP contribution in [0.25, 0.3) is 11.0 Å². The van der Waals surface area contributed by atoms with Crippen molar-refractivity contribution in [3.05, 3.63) is 24.2 Å². The number of hydrogen-bond acceptors (Lipinski definition) is 5. The van der Waals surface area contributed by atoms with Crippen molar-refractivity contribution in [2.24, 2.45) is 0 Å². The number of aromatic nitrogens is 3. The molecule has 2 aromatic heterocycles. The van der Waals surface area contributed by atoms with E-state index in [0.29, 0.717) is 0 Å². The Labute approximate surface area is 113 Å². The van der Waals surface area contributed by atoms with Crippen LogP contribution >= 0.6 is 0 Å². The summed E-state index contributed by atoms with van der Waals surface area (Å²) >= 11 is 0. The molecule has 1 saturated heterocycles. The lowest BCUT2D eigenvalue weighted by molar-refractivity contribution is 0.312. The summed E-state index contributed by atoms with van der Waals surface area (Å²) in [6, 6.07) is 2.18. The Morgan fingerprint density at radius 3 is 2.63 bits per heavy atom. The molecular weight excluding hydrogens is 238 g/mol. The topological polar surface area (TPSA) is 45.2 Å². The summed E-state index contributed by atoms with van der Waals surface area (Å²) in [7, 11) is 2.16. The maximum absolute atomic E-state index is 4.49. The van der Waals surface area contributed by atoms with E-state index in [1.807, 2.05) is 6.20 Å². The minimum absolute atomic E-state index is 0.793. The van der Waals surface area contributed by atoms with E-state index in [1.165, 1.54) is 5.56 Å². The second-order valence-corrected chi connectivity index (χ2v) is 5.06. The highest BCUT2D eigenvalue weighted by molar-refractivity contribution is 5.87. The first-order valence-corrected chi connectivity index (χ1v) is 6.81. The monoisotopic (exact) mass is 257 g/mol. The van der Waals surface area contributed by atoms with Gasteiger partial charge < -0.3 is 9.80 Å². The Kier molecular flexibility index (Phi) is 3.29. The van der Waals surface area contributed by atoms with E-state index in [2.05, 4.69) is 44.8 Å². The average Bonchev–Trinajstić information content (AvgIpc) is 2.47. The van der Waals surface area contributed by atoms with Gasteiger partial charge >= 0.3 is 0 Å². The fourth-order valence-electron chi connectivity index (χ4n) is 2.44. The molecule has 0 unspecified atom stereocenters. The van der Waals surface area contributed by atoms with Crippen molar-refractivity contribution in [3.63, 3.8) is 0 Å². The van der Waals surface area contributed by atoms with Crippen LogP contribution in [0, 0.1) is 0 Å². The molecular formula is C14H19N5. The summed E-state index contributed by atoms with van der Waals surface area (Å²) in [4.78, 5) is 17.9. The Bertz CT molecular complexity index is 575. The molecule has 0 amide bonds. The highest BCUT2D eigenvalue weighted by Crippen LogP contribution is 2.23. The summed E-state index contributed by atoms with van der Waals surface area (Å²) in [6.45, 7) is 6.32. The van der Waals surface area contributed by atoms with Crippen molar-refractivity contribution >= 4 is 16.9 Å². The number of pyridine rings is 1. The molecule has 19 heavy (non-hydrogen) atoms. The third kappa shape index (κ3) is 2.38. The summed E-state index contributed by atoms with van der Waals surface area (Å²) in [5, 5.41) is 1.08. The summed E-state index contributed by atoms with van der Waals surface area (Å²) in [6.07, 6.45) is 4.51. The third-order valence-electron chi connectivity index (χ3n) is 3.74. The van der Waals surface area contributed by atoms with Crippen LogP contribution in [0.3, 0.4) is 0 Å². The fraction of sp³-hybridized carbons (Fsp3) is 0.500. The molecule has 0 saturated carbocycles. The molecule has 0 atom stereocenters. The number of piperazine rings is 1. The molecule has 2 aromatic rings. The predicted molar refractivity (Wildman–Crippen MR) is 76.4 cm³/mol. The van der Waals surface area contributed by atoms with Gasteiger partial charge in [0.15, 0.2) is 5.65 Å². The molecule has 0 bridgehead atoms. The molecule has 100 valence electrons. The van der Waals surface area contributed by atoms with Crippen molar-refractivity contribution in [2.75, 3.05) is 38.1 Å². The third-order valence-corrected chi connectivity index (χ3v) is 3.74. The zero-order valence-corrected chi connectivity index (χ0v) is 11.5. The maximum Gasteiger partial charge on any atom is 0.164 e. The van der Waals surface area contributed by atoms with Gasteiger partial charge in [0.2, 0.25) is 0 Å². The Morgan fingerprint density at radius 2 is 1.89 bits per heavy atom. The number of aryl methyl sites for hydroxylation is 1. The van der Waals surface area contributed by atoms with Crippen LogP contribution in [0.2, 0.25) is 0 Å². The lowest BCUT2D eigenvalue weighted by Crippen LogP contribution is -2.44. The smallest absolute Gasteiger partial charge is 0.164 e. The van der Waals surface area contributed by atoms with E-state index >= 15 is 0 Å². The first-order valence-electron chi connectivity index (χ1n) is 6.81. The highest BCUT2D eigenvalue weighted by Gasteiger charge is 2.18. The second-order valence-electron chi connectivity index (χ2n) is 5.06. The van der Waals surface area contributed by atoms with Crippen LogP contribution in [-0.4, -0.2) is 53.1 Å². The first kappa shape index (κ1) is 12.3. The molecule has 5 heteroatoms. The van der Waals surface area contributed by atoms with Gasteiger partial charge in [0.25, 0.3) is 0 Å². The summed E-state index contributed by atoms with van der Waals surface area (Å²) in [5.41, 5.74) is 2.03. The first-order chi connectivity index (χ1) is 9.28. The Hall–Kier alpha value is -1.75. The number of nitrogens with zero attached hydrogens (tertiary/aromatic N) is 5. The van der Waals surface area contributed by atoms with Crippen molar-refractivity contribution in [1.29, 1.82) is 0 Å². The van der Waals surface area contributed by atoms with Crippen LogP contribution in [0.4, 0.5) is 5.82 Å².